The van der Waals surface area contributed by atoms with Crippen LogP contribution in [0, 0.1) is 0 Å². The maximum absolute atomic E-state index is 12.0. The lowest BCUT2D eigenvalue weighted by atomic mass is 10.2. The van der Waals surface area contributed by atoms with Crippen LogP contribution >= 0.6 is 0 Å². The molecule has 158 valence electrons. The molecule has 0 radical (unpaired) electrons. The van der Waals surface area contributed by atoms with Gasteiger partial charge < -0.3 is 24.3 Å². The standard InChI is InChI=1S/C21H22N2O7/c1-13(2)30-16-6-3-14(4-7-16)20(25)29-12-19(24)23-21(26)22-15-5-8-17-18(11-15)28-10-9-27-17/h3-8,11,13H,9-10,12H2,1-2H3,(H2,22,23,24,26). The van der Waals surface area contributed by atoms with E-state index in [0.29, 0.717) is 36.1 Å². The van der Waals surface area contributed by atoms with Crippen molar-refractivity contribution >= 4 is 23.6 Å². The van der Waals surface area contributed by atoms with Gasteiger partial charge in [-0.2, -0.15) is 0 Å². The van der Waals surface area contributed by atoms with Gasteiger partial charge in [-0.05, 0) is 50.2 Å². The first-order chi connectivity index (χ1) is 14.4. The maximum Gasteiger partial charge on any atom is 0.338 e. The van der Waals surface area contributed by atoms with Gasteiger partial charge in [0.15, 0.2) is 18.1 Å². The molecule has 0 bridgehead atoms. The topological polar surface area (TPSA) is 112 Å². The fourth-order valence-corrected chi connectivity index (χ4v) is 2.60. The lowest BCUT2D eigenvalue weighted by Crippen LogP contribution is -2.37. The predicted molar refractivity (Wildman–Crippen MR) is 107 cm³/mol. The first-order valence-corrected chi connectivity index (χ1v) is 9.35. The van der Waals surface area contributed by atoms with E-state index in [1.54, 1.807) is 30.3 Å². The summed E-state index contributed by atoms with van der Waals surface area (Å²) in [6.45, 7) is 4.07. The number of esters is 1. The Hall–Kier alpha value is -3.75. The second-order valence-corrected chi connectivity index (χ2v) is 6.63. The molecule has 0 atom stereocenters. The van der Waals surface area contributed by atoms with Crippen molar-refractivity contribution in [2.45, 2.75) is 20.0 Å². The smallest absolute Gasteiger partial charge is 0.338 e. The molecule has 0 unspecified atom stereocenters. The van der Waals surface area contributed by atoms with Gasteiger partial charge in [-0.25, -0.2) is 9.59 Å². The van der Waals surface area contributed by atoms with Crippen LogP contribution in [-0.4, -0.2) is 43.8 Å². The Morgan fingerprint density at radius 1 is 1.00 bits per heavy atom. The zero-order chi connectivity index (χ0) is 21.5. The minimum atomic E-state index is -0.766. The lowest BCUT2D eigenvalue weighted by molar-refractivity contribution is -0.123. The zero-order valence-corrected chi connectivity index (χ0v) is 16.6. The van der Waals surface area contributed by atoms with E-state index in [0.717, 1.165) is 0 Å². The Bertz CT molecular complexity index is 925. The molecule has 9 heteroatoms. The van der Waals surface area contributed by atoms with Gasteiger partial charge in [-0.15, -0.1) is 0 Å². The van der Waals surface area contributed by atoms with Crippen LogP contribution in [-0.2, 0) is 9.53 Å². The number of carbonyl (C=O) groups is 3. The molecule has 0 spiro atoms. The van der Waals surface area contributed by atoms with Crippen LogP contribution in [0.5, 0.6) is 17.2 Å². The number of ether oxygens (including phenoxy) is 4. The third kappa shape index (κ3) is 5.87. The number of rotatable bonds is 6. The number of carbonyl (C=O) groups excluding carboxylic acids is 3. The van der Waals surface area contributed by atoms with Gasteiger partial charge in [0, 0.05) is 11.8 Å². The van der Waals surface area contributed by atoms with Crippen LogP contribution in [0.25, 0.3) is 0 Å². The number of hydrogen-bond donors (Lipinski definition) is 2. The summed E-state index contributed by atoms with van der Waals surface area (Å²) in [5.74, 6) is 0.255. The predicted octanol–water partition coefficient (Wildman–Crippen LogP) is 2.75. The summed E-state index contributed by atoms with van der Waals surface area (Å²) in [6, 6.07) is 10.4. The van der Waals surface area contributed by atoms with Gasteiger partial charge >= 0.3 is 12.0 Å². The summed E-state index contributed by atoms with van der Waals surface area (Å²) in [4.78, 5) is 35.9. The second kappa shape index (κ2) is 9.64. The second-order valence-electron chi connectivity index (χ2n) is 6.63. The normalized spacial score (nSPS) is 12.1. The minimum Gasteiger partial charge on any atom is -0.491 e. The molecule has 3 amide bonds. The van der Waals surface area contributed by atoms with Gasteiger partial charge in [0.05, 0.1) is 11.7 Å². The van der Waals surface area contributed by atoms with Crippen molar-refractivity contribution in [1.82, 2.24) is 5.32 Å². The highest BCUT2D eigenvalue weighted by molar-refractivity contribution is 6.02. The molecule has 0 fully saturated rings. The summed E-state index contributed by atoms with van der Waals surface area (Å²) >= 11 is 0. The number of hydrogen-bond acceptors (Lipinski definition) is 7. The van der Waals surface area contributed by atoms with Crippen LogP contribution in [0.4, 0.5) is 10.5 Å². The van der Waals surface area contributed by atoms with E-state index in [1.165, 1.54) is 12.1 Å². The van der Waals surface area contributed by atoms with Crippen LogP contribution in [0.15, 0.2) is 42.5 Å². The largest absolute Gasteiger partial charge is 0.491 e. The molecule has 1 aliphatic rings. The molecule has 0 saturated carbocycles. The number of anilines is 1. The van der Waals surface area contributed by atoms with Gasteiger partial charge in [0.1, 0.15) is 19.0 Å². The first kappa shape index (κ1) is 21.0. The molecular weight excluding hydrogens is 392 g/mol. The van der Waals surface area contributed by atoms with Gasteiger partial charge in [0.25, 0.3) is 5.91 Å². The highest BCUT2D eigenvalue weighted by atomic mass is 16.6. The van der Waals surface area contributed by atoms with Crippen molar-refractivity contribution in [3.8, 4) is 17.2 Å². The molecule has 9 nitrogen and oxygen atoms in total. The number of benzene rings is 2. The molecule has 0 aromatic heterocycles. The highest BCUT2D eigenvalue weighted by Gasteiger charge is 2.15. The van der Waals surface area contributed by atoms with E-state index < -0.39 is 24.5 Å². The van der Waals surface area contributed by atoms with Crippen molar-refractivity contribution in [3.05, 3.63) is 48.0 Å². The van der Waals surface area contributed by atoms with E-state index in [9.17, 15) is 14.4 Å². The van der Waals surface area contributed by atoms with Crippen molar-refractivity contribution in [2.24, 2.45) is 0 Å². The number of fused-ring (bicyclic) bond motifs is 1. The zero-order valence-electron chi connectivity index (χ0n) is 16.6. The number of amides is 3. The Balaban J connectivity index is 1.44. The van der Waals surface area contributed by atoms with Crippen molar-refractivity contribution in [2.75, 3.05) is 25.1 Å². The number of imide groups is 1. The molecule has 2 N–H and O–H groups in total. The molecule has 3 rings (SSSR count). The first-order valence-electron chi connectivity index (χ1n) is 9.35. The Kier molecular flexibility index (Phi) is 6.74. The summed E-state index contributed by atoms with van der Waals surface area (Å²) < 4.78 is 21.3. The third-order valence-corrected chi connectivity index (χ3v) is 3.85. The SMILES string of the molecule is CC(C)Oc1ccc(C(=O)OCC(=O)NC(=O)Nc2ccc3c(c2)OCCO3)cc1. The summed E-state index contributed by atoms with van der Waals surface area (Å²) in [5, 5.41) is 4.59. The average Bonchev–Trinajstić information content (AvgIpc) is 2.72. The van der Waals surface area contributed by atoms with E-state index in [2.05, 4.69) is 10.6 Å². The molecular formula is C21H22N2O7. The average molecular weight is 414 g/mol. The van der Waals surface area contributed by atoms with Gasteiger partial charge in [0.2, 0.25) is 0 Å². The molecule has 30 heavy (non-hydrogen) atoms. The van der Waals surface area contributed by atoms with Crippen LogP contribution < -0.4 is 24.8 Å². The van der Waals surface area contributed by atoms with Crippen LogP contribution in [0.3, 0.4) is 0 Å². The quantitative estimate of drug-likeness (QED) is 0.699. The Morgan fingerprint density at radius 2 is 1.70 bits per heavy atom. The van der Waals surface area contributed by atoms with E-state index in [1.807, 2.05) is 13.8 Å². The molecule has 0 aliphatic carbocycles. The monoisotopic (exact) mass is 414 g/mol. The van der Waals surface area contributed by atoms with Crippen molar-refractivity contribution in [1.29, 1.82) is 0 Å². The van der Waals surface area contributed by atoms with Gasteiger partial charge in [-0.1, -0.05) is 0 Å². The summed E-state index contributed by atoms with van der Waals surface area (Å²) in [6.07, 6.45) is 0.0137. The molecule has 2 aromatic rings. The summed E-state index contributed by atoms with van der Waals surface area (Å²) in [5.41, 5.74) is 0.685. The van der Waals surface area contributed by atoms with E-state index in [4.69, 9.17) is 18.9 Å². The Labute approximate surface area is 173 Å². The molecule has 1 heterocycles. The van der Waals surface area contributed by atoms with E-state index in [-0.39, 0.29) is 11.7 Å². The van der Waals surface area contributed by atoms with Crippen molar-refractivity contribution in [3.63, 3.8) is 0 Å². The molecule has 1 aliphatic heterocycles. The number of nitrogens with one attached hydrogen (secondary N) is 2. The summed E-state index contributed by atoms with van der Waals surface area (Å²) in [7, 11) is 0. The van der Waals surface area contributed by atoms with Crippen LogP contribution in [0.1, 0.15) is 24.2 Å². The van der Waals surface area contributed by atoms with Crippen molar-refractivity contribution < 1.29 is 33.3 Å². The van der Waals surface area contributed by atoms with E-state index >= 15 is 0 Å². The maximum atomic E-state index is 12.0. The molecule has 0 saturated heterocycles. The fraction of sp³-hybridized carbons (Fsp3) is 0.286. The van der Waals surface area contributed by atoms with Crippen LogP contribution in [0.2, 0.25) is 0 Å². The number of urea groups is 1. The molecule has 2 aromatic carbocycles. The lowest BCUT2D eigenvalue weighted by Gasteiger charge is -2.19. The van der Waals surface area contributed by atoms with Gasteiger partial charge in [-0.3, -0.25) is 10.1 Å². The Morgan fingerprint density at radius 3 is 2.40 bits per heavy atom. The fourth-order valence-electron chi connectivity index (χ4n) is 2.60. The minimum absolute atomic E-state index is 0.0137. The highest BCUT2D eigenvalue weighted by Crippen LogP contribution is 2.32. The third-order valence-electron chi connectivity index (χ3n) is 3.85.